The van der Waals surface area contributed by atoms with E-state index < -0.39 is 0 Å². The maximum Gasteiger partial charge on any atom is 0.0716 e. The number of allylic oxidation sites excluding steroid dienone is 4. The lowest BCUT2D eigenvalue weighted by atomic mass is 10.1. The molecule has 0 radical (unpaired) electrons. The smallest absolute Gasteiger partial charge is 0.0716 e. The molecule has 10 heavy (non-hydrogen) atoms. The zero-order valence-electron chi connectivity index (χ0n) is 5.24. The van der Waals surface area contributed by atoms with Crippen molar-refractivity contribution in [1.82, 2.24) is 0 Å². The van der Waals surface area contributed by atoms with Crippen molar-refractivity contribution in [2.45, 2.75) is 0 Å². The van der Waals surface area contributed by atoms with Gasteiger partial charge >= 0.3 is 0 Å². The summed E-state index contributed by atoms with van der Waals surface area (Å²) in [5, 5.41) is 0. The van der Waals surface area contributed by atoms with Crippen molar-refractivity contribution >= 4 is 23.3 Å². The second-order valence-electron chi connectivity index (χ2n) is 2.17. The van der Waals surface area contributed by atoms with Crippen molar-refractivity contribution in [2.75, 3.05) is 0 Å². The Hall–Kier alpha value is -1.02. The highest BCUT2D eigenvalue weighted by molar-refractivity contribution is 7.81. The van der Waals surface area contributed by atoms with Gasteiger partial charge in [0.05, 0.1) is 5.70 Å². The van der Waals surface area contributed by atoms with E-state index in [1.165, 1.54) is 0 Å². The lowest BCUT2D eigenvalue weighted by molar-refractivity contribution is 1.40. The van der Waals surface area contributed by atoms with Crippen LogP contribution in [-0.2, 0) is 0 Å². The van der Waals surface area contributed by atoms with Crippen molar-refractivity contribution in [3.63, 3.8) is 0 Å². The quantitative estimate of drug-likeness (QED) is 0.476. The summed E-state index contributed by atoms with van der Waals surface area (Å²) in [5.74, 6) is 0. The van der Waals surface area contributed by atoms with Gasteiger partial charge in [0.2, 0.25) is 0 Å². The summed E-state index contributed by atoms with van der Waals surface area (Å²) in [5.41, 5.74) is 2.15. The van der Waals surface area contributed by atoms with Crippen LogP contribution in [0.4, 0.5) is 0 Å². The first-order valence-corrected chi connectivity index (χ1v) is 3.45. The molecule has 1 nitrogen and oxygen atoms in total. The second-order valence-corrected chi connectivity index (χ2v) is 2.64. The van der Waals surface area contributed by atoms with Crippen LogP contribution in [0, 0.1) is 0 Å². The molecule has 0 spiro atoms. The molecule has 0 aromatic carbocycles. The summed E-state index contributed by atoms with van der Waals surface area (Å²) >= 11 is 4.97. The molecule has 0 saturated carbocycles. The molecule has 0 bridgehead atoms. The van der Waals surface area contributed by atoms with Gasteiger partial charge in [0.1, 0.15) is 0 Å². The van der Waals surface area contributed by atoms with E-state index in [0.717, 1.165) is 16.1 Å². The van der Waals surface area contributed by atoms with Crippen molar-refractivity contribution in [1.29, 1.82) is 0 Å². The monoisotopic (exact) mass is 147 g/mol. The molecule has 0 amide bonds. The zero-order chi connectivity index (χ0) is 6.97. The molecule has 0 saturated heterocycles. The van der Waals surface area contributed by atoms with Gasteiger partial charge in [0.25, 0.3) is 0 Å². The normalized spacial score (nSPS) is 20.6. The van der Waals surface area contributed by atoms with E-state index in [0.29, 0.717) is 0 Å². The van der Waals surface area contributed by atoms with Crippen LogP contribution in [-0.4, -0.2) is 11.1 Å². The first kappa shape index (κ1) is 5.74. The van der Waals surface area contributed by atoms with E-state index in [-0.39, 0.29) is 0 Å². The number of fused-ring (bicyclic) bond motifs is 1. The maximum absolute atomic E-state index is 4.97. The number of aliphatic imine (C=N–C) groups is 1. The van der Waals surface area contributed by atoms with Crippen LogP contribution in [0.5, 0.6) is 0 Å². The van der Waals surface area contributed by atoms with Gasteiger partial charge in [-0.25, -0.2) is 0 Å². The minimum Gasteiger partial charge on any atom is -0.256 e. The largest absolute Gasteiger partial charge is 0.256 e. The molecule has 1 heterocycles. The lowest BCUT2D eigenvalue weighted by Crippen LogP contribution is -1.92. The van der Waals surface area contributed by atoms with Crippen molar-refractivity contribution < 1.29 is 0 Å². The topological polar surface area (TPSA) is 12.4 Å². The van der Waals surface area contributed by atoms with E-state index in [2.05, 4.69) is 4.99 Å². The van der Waals surface area contributed by atoms with Crippen LogP contribution in [0.25, 0.3) is 0 Å². The molecule has 48 valence electrons. The van der Waals surface area contributed by atoms with Gasteiger partial charge in [-0.15, -0.1) is 0 Å². The van der Waals surface area contributed by atoms with Gasteiger partial charge in [0, 0.05) is 16.7 Å². The average molecular weight is 147 g/mol. The minimum absolute atomic E-state index is 0.853. The highest BCUT2D eigenvalue weighted by Gasteiger charge is 2.08. The highest BCUT2D eigenvalue weighted by atomic mass is 32.1. The highest BCUT2D eigenvalue weighted by Crippen LogP contribution is 2.20. The Morgan fingerprint density at radius 2 is 2.20 bits per heavy atom. The number of hydrogen-bond acceptors (Lipinski definition) is 2. The van der Waals surface area contributed by atoms with Gasteiger partial charge in [-0.05, 0) is 18.2 Å². The fourth-order valence-corrected chi connectivity index (χ4v) is 1.15. The second kappa shape index (κ2) is 1.99. The van der Waals surface area contributed by atoms with Gasteiger partial charge in [-0.2, -0.15) is 0 Å². The Morgan fingerprint density at radius 1 is 1.30 bits per heavy atom. The number of thiocarbonyl (C=S) groups is 1. The van der Waals surface area contributed by atoms with Crippen molar-refractivity contribution in [2.24, 2.45) is 4.99 Å². The Morgan fingerprint density at radius 3 is 3.10 bits per heavy atom. The van der Waals surface area contributed by atoms with Gasteiger partial charge in [-0.1, -0.05) is 18.3 Å². The molecule has 0 unspecified atom stereocenters. The SMILES string of the molecule is S=C1C=CC2=CC=NC2=C1. The maximum atomic E-state index is 4.97. The fourth-order valence-electron chi connectivity index (χ4n) is 0.974. The van der Waals surface area contributed by atoms with Crippen LogP contribution in [0.3, 0.4) is 0 Å². The Kier molecular flexibility index (Phi) is 1.14. The molecule has 2 heteroatoms. The fraction of sp³-hybridized carbons (Fsp3) is 0. The van der Waals surface area contributed by atoms with E-state index in [1.54, 1.807) is 6.21 Å². The van der Waals surface area contributed by atoms with Crippen LogP contribution in [0.2, 0.25) is 0 Å². The van der Waals surface area contributed by atoms with E-state index in [9.17, 15) is 0 Å². The summed E-state index contributed by atoms with van der Waals surface area (Å²) in [6.45, 7) is 0. The molecular formula is C8H5NS. The van der Waals surface area contributed by atoms with Gasteiger partial charge in [-0.3, -0.25) is 4.99 Å². The molecule has 0 fully saturated rings. The number of hydrogen-bond donors (Lipinski definition) is 0. The van der Waals surface area contributed by atoms with E-state index in [1.807, 2.05) is 24.3 Å². The third-order valence-electron chi connectivity index (χ3n) is 1.47. The van der Waals surface area contributed by atoms with E-state index >= 15 is 0 Å². The Bertz CT molecular complexity index is 305. The van der Waals surface area contributed by atoms with Crippen molar-refractivity contribution in [3.8, 4) is 0 Å². The van der Waals surface area contributed by atoms with E-state index in [4.69, 9.17) is 12.2 Å². The standard InChI is InChI=1S/C8H5NS/c10-7-2-1-6-3-4-9-8(6)5-7/h1-5H. The van der Waals surface area contributed by atoms with Crippen LogP contribution < -0.4 is 0 Å². The molecule has 2 rings (SSSR count). The molecule has 1 aliphatic carbocycles. The first-order chi connectivity index (χ1) is 4.86. The third kappa shape index (κ3) is 0.772. The molecule has 0 aromatic rings. The van der Waals surface area contributed by atoms with Crippen LogP contribution >= 0.6 is 12.2 Å². The average Bonchev–Trinajstić information content (AvgIpc) is 2.33. The van der Waals surface area contributed by atoms with Crippen molar-refractivity contribution in [3.05, 3.63) is 35.6 Å². The number of nitrogens with zero attached hydrogens (tertiary/aromatic N) is 1. The van der Waals surface area contributed by atoms with Gasteiger partial charge in [0.15, 0.2) is 0 Å². The predicted molar refractivity (Wildman–Crippen MR) is 46.4 cm³/mol. The van der Waals surface area contributed by atoms with Gasteiger partial charge < -0.3 is 0 Å². The summed E-state index contributed by atoms with van der Waals surface area (Å²) in [7, 11) is 0. The lowest BCUT2D eigenvalue weighted by Gasteiger charge is -2.01. The first-order valence-electron chi connectivity index (χ1n) is 3.05. The molecule has 0 aromatic heterocycles. The summed E-state index contributed by atoms with van der Waals surface area (Å²) in [6.07, 6.45) is 9.58. The molecule has 1 aliphatic heterocycles. The third-order valence-corrected chi connectivity index (χ3v) is 1.72. The Balaban J connectivity index is 2.51. The number of rotatable bonds is 0. The molecule has 2 aliphatic rings. The van der Waals surface area contributed by atoms with Crippen LogP contribution in [0.15, 0.2) is 40.6 Å². The summed E-state index contributed by atoms with van der Waals surface area (Å²) in [6, 6.07) is 0. The molecular weight excluding hydrogens is 142 g/mol. The summed E-state index contributed by atoms with van der Waals surface area (Å²) in [4.78, 5) is 4.97. The molecule has 0 N–H and O–H groups in total. The van der Waals surface area contributed by atoms with Crippen LogP contribution in [0.1, 0.15) is 0 Å². The molecule has 0 atom stereocenters. The minimum atomic E-state index is 0.853. The predicted octanol–water partition coefficient (Wildman–Crippen LogP) is 1.82. The zero-order valence-corrected chi connectivity index (χ0v) is 6.06. The Labute approximate surface area is 64.5 Å². The summed E-state index contributed by atoms with van der Waals surface area (Å²) < 4.78 is 0.